The van der Waals surface area contributed by atoms with Crippen molar-refractivity contribution < 1.29 is 4.58 Å². The first-order chi connectivity index (χ1) is 14.1. The van der Waals surface area contributed by atoms with E-state index in [1.165, 1.54) is 33.8 Å². The van der Waals surface area contributed by atoms with E-state index in [0.29, 0.717) is 18.0 Å². The molecule has 0 N–H and O–H groups in total. The number of fused-ring (bicyclic) bond motifs is 6. The molecule has 3 aromatic carbocycles. The first-order valence-electron chi connectivity index (χ1n) is 10.8. The van der Waals surface area contributed by atoms with E-state index in [9.17, 15) is 0 Å². The normalized spacial score (nSPS) is 20.1. The van der Waals surface area contributed by atoms with E-state index in [2.05, 4.69) is 116 Å². The fourth-order valence-electron chi connectivity index (χ4n) is 5.38. The van der Waals surface area contributed by atoms with Gasteiger partial charge in [0.15, 0.2) is 12.1 Å². The van der Waals surface area contributed by atoms with Gasteiger partial charge in [-0.3, -0.25) is 4.58 Å². The lowest BCUT2D eigenvalue weighted by atomic mass is 9.78. The first kappa shape index (κ1) is 18.2. The Morgan fingerprint density at radius 2 is 1.24 bits per heavy atom. The van der Waals surface area contributed by atoms with Gasteiger partial charge in [-0.15, -0.1) is 0 Å². The quantitative estimate of drug-likeness (QED) is 0.473. The topological polar surface area (TPSA) is 6.25 Å². The Hall–Kier alpha value is -2.87. The van der Waals surface area contributed by atoms with E-state index >= 15 is 0 Å². The Morgan fingerprint density at radius 1 is 0.690 bits per heavy atom. The van der Waals surface area contributed by atoms with Crippen molar-refractivity contribution in [3.05, 3.63) is 90.0 Å². The average molecular weight is 382 g/mol. The van der Waals surface area contributed by atoms with Crippen LogP contribution in [0, 0.1) is 5.92 Å². The smallest absolute Gasteiger partial charge is 0.251 e. The predicted octanol–water partition coefficient (Wildman–Crippen LogP) is 6.45. The highest BCUT2D eigenvalue weighted by Crippen LogP contribution is 2.53. The molecule has 2 aliphatic rings. The van der Waals surface area contributed by atoms with Crippen molar-refractivity contribution in [1.29, 1.82) is 0 Å². The van der Waals surface area contributed by atoms with Crippen LogP contribution in [0.4, 0.5) is 5.69 Å². The lowest BCUT2D eigenvalue weighted by Crippen LogP contribution is -2.36. The minimum absolute atomic E-state index is 0.281. The summed E-state index contributed by atoms with van der Waals surface area (Å²) in [6.45, 7) is 9.32. The molecule has 2 atom stereocenters. The second-order valence-corrected chi connectivity index (χ2v) is 8.78. The third kappa shape index (κ3) is 2.66. The number of anilines is 1. The zero-order valence-corrected chi connectivity index (χ0v) is 17.7. The number of para-hydroxylation sites is 1. The third-order valence-electron chi connectivity index (χ3n) is 6.34. The maximum absolute atomic E-state index is 2.68. The van der Waals surface area contributed by atoms with Gasteiger partial charge in [0.25, 0.3) is 5.84 Å². The number of nitrogens with zero attached hydrogens (tertiary/aromatic N) is 2. The van der Waals surface area contributed by atoms with E-state index in [4.69, 9.17) is 0 Å². The van der Waals surface area contributed by atoms with Gasteiger partial charge in [-0.25, -0.2) is 4.90 Å². The summed E-state index contributed by atoms with van der Waals surface area (Å²) >= 11 is 0. The van der Waals surface area contributed by atoms with Crippen LogP contribution in [-0.2, 0) is 0 Å². The average Bonchev–Trinajstić information content (AvgIpc) is 3.12. The number of hydrogen-bond donors (Lipinski definition) is 0. The number of rotatable bonds is 3. The summed E-state index contributed by atoms with van der Waals surface area (Å²) in [4.78, 5) is 2.62. The lowest BCUT2D eigenvalue weighted by Gasteiger charge is -2.32. The van der Waals surface area contributed by atoms with E-state index in [1.54, 1.807) is 0 Å². The Kier molecular flexibility index (Phi) is 4.31. The molecule has 5 rings (SSSR count). The van der Waals surface area contributed by atoms with Crippen LogP contribution >= 0.6 is 0 Å². The van der Waals surface area contributed by atoms with Crippen LogP contribution in [0.15, 0.2) is 78.9 Å². The monoisotopic (exact) mass is 381 g/mol. The highest BCUT2D eigenvalue weighted by atomic mass is 15.4. The van der Waals surface area contributed by atoms with E-state index in [-0.39, 0.29) is 6.04 Å². The molecule has 0 saturated carbocycles. The Balaban J connectivity index is 1.85. The molecule has 0 spiro atoms. The van der Waals surface area contributed by atoms with Gasteiger partial charge in [-0.1, -0.05) is 80.6 Å². The number of hydrogen-bond acceptors (Lipinski definition) is 1. The summed E-state index contributed by atoms with van der Waals surface area (Å²) in [5.74, 6) is 1.86. The Labute approximate surface area is 174 Å². The molecule has 3 aromatic rings. The Bertz CT molecular complexity index is 1060. The van der Waals surface area contributed by atoms with Gasteiger partial charge in [0.2, 0.25) is 0 Å². The van der Waals surface area contributed by atoms with Crippen molar-refractivity contribution in [3.8, 4) is 11.1 Å². The van der Waals surface area contributed by atoms with E-state index in [0.717, 1.165) is 0 Å². The minimum atomic E-state index is 0.281. The second-order valence-electron chi connectivity index (χ2n) is 8.78. The molecule has 0 radical (unpaired) electrons. The SMILES string of the molecule is CC(C)C1=[N+](C(C)C)[C@H]2c3ccccc3-c3ccccc3[C@H]2N1c1ccccc1. The molecule has 29 heavy (non-hydrogen) atoms. The highest BCUT2D eigenvalue weighted by molar-refractivity contribution is 5.99. The molecule has 0 fully saturated rings. The zero-order valence-electron chi connectivity index (χ0n) is 17.7. The van der Waals surface area contributed by atoms with Gasteiger partial charge in [-0.2, -0.15) is 0 Å². The van der Waals surface area contributed by atoms with Crippen molar-refractivity contribution in [1.82, 2.24) is 0 Å². The van der Waals surface area contributed by atoms with Crippen LogP contribution in [-0.4, -0.2) is 16.5 Å². The van der Waals surface area contributed by atoms with Crippen LogP contribution in [0.5, 0.6) is 0 Å². The second kappa shape index (κ2) is 6.88. The van der Waals surface area contributed by atoms with Crippen molar-refractivity contribution >= 4 is 11.5 Å². The van der Waals surface area contributed by atoms with Gasteiger partial charge in [-0.05, 0) is 37.1 Å². The van der Waals surface area contributed by atoms with Gasteiger partial charge in [0.1, 0.15) is 5.69 Å². The molecule has 1 aliphatic carbocycles. The molecular weight excluding hydrogens is 352 g/mol. The summed E-state index contributed by atoms with van der Waals surface area (Å²) in [5.41, 5.74) is 6.92. The van der Waals surface area contributed by atoms with Crippen molar-refractivity contribution in [3.63, 3.8) is 0 Å². The summed E-state index contributed by atoms with van der Waals surface area (Å²) < 4.78 is 2.68. The molecule has 146 valence electrons. The van der Waals surface area contributed by atoms with Crippen molar-refractivity contribution in [2.75, 3.05) is 4.90 Å². The summed E-state index contributed by atoms with van der Waals surface area (Å²) in [7, 11) is 0. The van der Waals surface area contributed by atoms with Gasteiger partial charge in [0, 0.05) is 11.1 Å². The molecule has 1 heterocycles. The van der Waals surface area contributed by atoms with Crippen LogP contribution < -0.4 is 4.90 Å². The van der Waals surface area contributed by atoms with Crippen LogP contribution in [0.1, 0.15) is 50.9 Å². The van der Waals surface area contributed by atoms with Gasteiger partial charge >= 0.3 is 0 Å². The van der Waals surface area contributed by atoms with Crippen LogP contribution in [0.2, 0.25) is 0 Å². The molecule has 0 aromatic heterocycles. The fourth-order valence-corrected chi connectivity index (χ4v) is 5.38. The van der Waals surface area contributed by atoms with Crippen LogP contribution in [0.25, 0.3) is 11.1 Å². The molecule has 1 aliphatic heterocycles. The minimum Gasteiger partial charge on any atom is -0.251 e. The molecule has 2 heteroatoms. The maximum Gasteiger partial charge on any atom is 0.256 e. The molecular formula is C27H29N2+. The fraction of sp³-hybridized carbons (Fsp3) is 0.296. The summed E-state index contributed by atoms with van der Waals surface area (Å²) in [6, 6.07) is 29.9. The summed E-state index contributed by atoms with van der Waals surface area (Å²) in [5, 5.41) is 0. The zero-order chi connectivity index (χ0) is 20.1. The Morgan fingerprint density at radius 3 is 1.86 bits per heavy atom. The van der Waals surface area contributed by atoms with Crippen LogP contribution in [0.3, 0.4) is 0 Å². The maximum atomic E-state index is 2.68. The van der Waals surface area contributed by atoms with Gasteiger partial charge in [0.05, 0.1) is 12.0 Å². The molecule has 0 unspecified atom stereocenters. The van der Waals surface area contributed by atoms with E-state index < -0.39 is 0 Å². The third-order valence-corrected chi connectivity index (χ3v) is 6.34. The summed E-state index contributed by atoms with van der Waals surface area (Å²) in [6.07, 6.45) is 0. The predicted molar refractivity (Wildman–Crippen MR) is 122 cm³/mol. The highest BCUT2D eigenvalue weighted by Gasteiger charge is 2.54. The largest absolute Gasteiger partial charge is 0.256 e. The molecule has 0 bridgehead atoms. The number of amidine groups is 1. The molecule has 0 saturated heterocycles. The van der Waals surface area contributed by atoms with Crippen molar-refractivity contribution in [2.45, 2.75) is 45.8 Å². The molecule has 2 nitrogen and oxygen atoms in total. The number of benzene rings is 3. The van der Waals surface area contributed by atoms with E-state index in [1.807, 2.05) is 0 Å². The first-order valence-corrected chi connectivity index (χ1v) is 10.8. The lowest BCUT2D eigenvalue weighted by molar-refractivity contribution is -0.597. The van der Waals surface area contributed by atoms with Gasteiger partial charge < -0.3 is 0 Å². The van der Waals surface area contributed by atoms with Crippen molar-refractivity contribution in [2.24, 2.45) is 5.92 Å². The standard InChI is InChI=1S/C27H29N2/c1-18(2)27-28(19(3)4)25-23-16-10-8-14-21(23)22-15-9-11-17-24(22)26(25)29(27)20-12-6-5-7-13-20/h5-19,25-26H,1-4H3/q+1/t25-,26+/m0/s1. The molecule has 0 amide bonds.